The van der Waals surface area contributed by atoms with Gasteiger partial charge in [0.05, 0.1) is 104 Å². The fourth-order valence-corrected chi connectivity index (χ4v) is 12.8. The SMILES string of the molecule is CC(C)(C)OC(=O)N1C=C(B2OC(C)(C)C(C)(C)O2)CCC1.COC(=O)c1ccc(-c2nc(Br)cnc2N)cc1F.COC(=O)c1ccc(-c2nc(C3=CN(C(=O)OC(C)(C)C)CCC3)cnc2N)cc1F.COC(=O)c1ccc(-c2nc(C3=CNCCC3)cnc2N)cc1F.COC(=O)c1ccc(-c2nc(C3CCCNC3)cnc2N)cc1F.[CH3-].[Pd]. The van der Waals surface area contributed by atoms with Crippen LogP contribution in [0.25, 0.3) is 56.2 Å². The molecule has 8 aromatic rings. The summed E-state index contributed by atoms with van der Waals surface area (Å²) in [5, 5.41) is 6.50. The number of hydrogen-bond acceptors (Lipinski definition) is 28. The molecule has 1 unspecified atom stereocenters. The molecule has 4 aromatic carbocycles. The molecule has 10 N–H and O–H groups in total. The summed E-state index contributed by atoms with van der Waals surface area (Å²) in [6, 6.07) is 16.4. The average molecular weight is 1840 g/mol. The van der Waals surface area contributed by atoms with Crippen LogP contribution in [0, 0.1) is 30.7 Å². The third-order valence-electron chi connectivity index (χ3n) is 19.4. The molecule has 2 amide bonds. The Morgan fingerprint density at radius 2 is 0.885 bits per heavy atom. The Morgan fingerprint density at radius 3 is 1.27 bits per heavy atom. The van der Waals surface area contributed by atoms with Crippen molar-refractivity contribution in [1.29, 1.82) is 0 Å². The standard InChI is InChI=1S/C22H25FN4O4.C17H19FN4O2.C17H17FN4O2.C16H28BNO4.C12H9BrFN3O2.CH3.Pd/c1-22(2,3)31-21(29)27-9-5-6-14(12-27)17-11-25-19(24)18(26-17)13-7-8-15(16(23)10-13)20(28)30-4;2*1-24-17(23)12-5-4-10(7-13(12)18)15-16(19)21-9-14(22-15)11-3-2-6-20-8-11;1-14(2,3)20-13(19)18-10-8-9-12(11-18)17-21-15(4,5)16(6,7)22-17;1-19-12(18)7-3-2-6(4-8(7)14)10-11(15)16-5-9(13)17-10;;/h7-8,10-12H,5-6,9H2,1-4H3,(H2,24,25);4-5,7,9,11,20H,2-3,6,8H2,1H3,(H2,19,21);4-5,7-9,20H,2-3,6H2,1H3,(H2,19,21);11H,8-10H2,1-7H3;2-5H,1H3,(H2,15,16);1H3;/q;;;;;-1;. The fourth-order valence-electron chi connectivity index (χ4n) is 12.5. The number of anilines is 4. The Kier molecular flexibility index (Phi) is 34.4. The van der Waals surface area contributed by atoms with Crippen LogP contribution in [0.5, 0.6) is 0 Å². The molecule has 0 bridgehead atoms. The number of rotatable bonds is 12. The van der Waals surface area contributed by atoms with Gasteiger partial charge in [0.15, 0.2) is 0 Å². The quantitative estimate of drug-likeness (QED) is 0.0217. The Morgan fingerprint density at radius 1 is 0.508 bits per heavy atom. The summed E-state index contributed by atoms with van der Waals surface area (Å²) < 4.78 is 98.1. The molecule has 0 aliphatic carbocycles. The zero-order valence-electron chi connectivity index (χ0n) is 70.5. The van der Waals surface area contributed by atoms with Gasteiger partial charge in [0.25, 0.3) is 0 Å². The second-order valence-electron chi connectivity index (χ2n) is 31.0. The molecule has 13 rings (SSSR count). The van der Waals surface area contributed by atoms with Gasteiger partial charge in [-0.15, -0.1) is 0 Å². The number of nitrogens with two attached hydrogens (primary N) is 4. The molecule has 5 aliphatic heterocycles. The van der Waals surface area contributed by atoms with Gasteiger partial charge in [-0.3, -0.25) is 9.80 Å². The minimum atomic E-state index is -0.772. The predicted molar refractivity (Wildman–Crippen MR) is 453 cm³/mol. The maximum Gasteiger partial charge on any atom is 0.492 e. The number of halogens is 5. The zero-order chi connectivity index (χ0) is 87.7. The molecule has 1 atom stereocenters. The molecule has 9 heterocycles. The van der Waals surface area contributed by atoms with Gasteiger partial charge in [-0.1, -0.05) is 24.3 Å². The van der Waals surface area contributed by atoms with E-state index in [0.29, 0.717) is 74.8 Å². The molecular formula is C85H101BBrF4N16O14Pd-. The van der Waals surface area contributed by atoms with E-state index in [1.165, 1.54) is 106 Å². The van der Waals surface area contributed by atoms with Crippen LogP contribution >= 0.6 is 15.9 Å². The second kappa shape index (κ2) is 42.9. The number of hydrogen-bond donors (Lipinski definition) is 6. The van der Waals surface area contributed by atoms with Gasteiger partial charge in [0, 0.05) is 93.4 Å². The maximum atomic E-state index is 14.4. The van der Waals surface area contributed by atoms with Crippen molar-refractivity contribution in [2.45, 2.75) is 149 Å². The number of nitrogen functional groups attached to an aromatic ring is 4. The van der Waals surface area contributed by atoms with Crippen molar-refractivity contribution in [1.82, 2.24) is 60.3 Å². The number of aromatic nitrogens is 8. The predicted octanol–water partition coefficient (Wildman–Crippen LogP) is 14.9. The number of benzene rings is 4. The van der Waals surface area contributed by atoms with Crippen molar-refractivity contribution in [3.8, 4) is 45.0 Å². The number of nitrogens with one attached hydrogen (secondary N) is 2. The monoisotopic (exact) mass is 1840 g/mol. The number of amides is 2. The van der Waals surface area contributed by atoms with Gasteiger partial charge in [-0.2, -0.15) is 0 Å². The molecule has 30 nitrogen and oxygen atoms in total. The Labute approximate surface area is 728 Å². The zero-order valence-corrected chi connectivity index (χ0v) is 73.7. The van der Waals surface area contributed by atoms with E-state index in [-0.39, 0.29) is 102 Å². The van der Waals surface area contributed by atoms with Crippen molar-refractivity contribution in [2.75, 3.05) is 84.1 Å². The number of piperidine rings is 1. The molecule has 122 heavy (non-hydrogen) atoms. The van der Waals surface area contributed by atoms with E-state index in [2.05, 4.69) is 85.4 Å². The van der Waals surface area contributed by atoms with Crippen LogP contribution in [-0.2, 0) is 58.2 Å². The van der Waals surface area contributed by atoms with Crippen LogP contribution in [0.3, 0.4) is 0 Å². The molecule has 0 spiro atoms. The normalized spacial score (nSPS) is 15.7. The van der Waals surface area contributed by atoms with E-state index in [4.69, 9.17) is 41.7 Å². The van der Waals surface area contributed by atoms with Crippen LogP contribution in [-0.4, -0.2) is 176 Å². The van der Waals surface area contributed by atoms with Crippen molar-refractivity contribution >= 4 is 93.5 Å². The molecule has 37 heteroatoms. The summed E-state index contributed by atoms with van der Waals surface area (Å²) in [5.41, 5.74) is 29.1. The number of methoxy groups -OCH3 is 4. The average Bonchev–Trinajstić information content (AvgIpc) is 1.63. The summed E-state index contributed by atoms with van der Waals surface area (Å²) in [6.07, 6.45) is 18.1. The molecule has 5 aliphatic rings. The third-order valence-corrected chi connectivity index (χ3v) is 19.7. The number of ether oxygens (including phenoxy) is 6. The van der Waals surface area contributed by atoms with Gasteiger partial charge >= 0.3 is 43.2 Å². The summed E-state index contributed by atoms with van der Waals surface area (Å²) >= 11 is 3.16. The molecule has 2 fully saturated rings. The Bertz CT molecular complexity index is 5210. The minimum absolute atomic E-state index is 0. The molecule has 0 radical (unpaired) electrons. The van der Waals surface area contributed by atoms with E-state index >= 15 is 0 Å². The van der Waals surface area contributed by atoms with E-state index in [9.17, 15) is 46.3 Å². The maximum absolute atomic E-state index is 14.4. The van der Waals surface area contributed by atoms with Crippen molar-refractivity contribution in [3.05, 3.63) is 196 Å². The van der Waals surface area contributed by atoms with Crippen LogP contribution in [0.2, 0.25) is 0 Å². The van der Waals surface area contributed by atoms with Gasteiger partial charge < -0.3 is 78.7 Å². The first-order valence-corrected chi connectivity index (χ1v) is 39.1. The fraction of sp³-hybridized carbons (Fsp3) is 0.376. The first-order chi connectivity index (χ1) is 56.7. The molecule has 0 saturated carbocycles. The summed E-state index contributed by atoms with van der Waals surface area (Å²) in [4.78, 5) is 108. The topological polar surface area (TPSA) is 414 Å². The molecular weight excluding hydrogens is 1740 g/mol. The van der Waals surface area contributed by atoms with Crippen molar-refractivity contribution < 1.29 is 104 Å². The second-order valence-corrected chi connectivity index (χ2v) is 31.8. The van der Waals surface area contributed by atoms with Crippen LogP contribution in [0.4, 0.5) is 50.4 Å². The Balaban J connectivity index is 0.000000211. The summed E-state index contributed by atoms with van der Waals surface area (Å²) in [6.45, 7) is 23.1. The summed E-state index contributed by atoms with van der Waals surface area (Å²) in [5.74, 6) is -4.79. The molecule has 2 saturated heterocycles. The van der Waals surface area contributed by atoms with E-state index in [0.717, 1.165) is 86.9 Å². The van der Waals surface area contributed by atoms with E-state index in [1.54, 1.807) is 35.6 Å². The number of carbonyl (C=O) groups excluding carboxylic acids is 6. The van der Waals surface area contributed by atoms with Crippen molar-refractivity contribution in [3.63, 3.8) is 0 Å². The van der Waals surface area contributed by atoms with Gasteiger partial charge in [-0.25, -0.2) is 86.2 Å². The third kappa shape index (κ3) is 25.6. The first-order valence-electron chi connectivity index (χ1n) is 38.3. The molecule has 654 valence electrons. The largest absolute Gasteiger partial charge is 0.492 e. The number of esters is 4. The van der Waals surface area contributed by atoms with E-state index in [1.807, 2.05) is 81.6 Å². The van der Waals surface area contributed by atoms with Crippen LogP contribution in [0.1, 0.15) is 185 Å². The molecule has 4 aromatic heterocycles. The number of nitrogens with zero attached hydrogens (tertiary/aromatic N) is 10. The van der Waals surface area contributed by atoms with Gasteiger partial charge in [-0.05, 0) is 208 Å². The van der Waals surface area contributed by atoms with E-state index < -0.39 is 71.6 Å². The van der Waals surface area contributed by atoms with Crippen LogP contribution in [0.15, 0.2) is 126 Å². The smallest absolute Gasteiger partial charge is 0.465 e. The first kappa shape index (κ1) is 97.8. The Hall–Kier alpha value is -11.4. The van der Waals surface area contributed by atoms with Crippen molar-refractivity contribution in [2.24, 2.45) is 0 Å². The number of carbonyl (C=O) groups is 6. The van der Waals surface area contributed by atoms with Gasteiger partial charge in [0.2, 0.25) is 0 Å². The summed E-state index contributed by atoms with van der Waals surface area (Å²) in [7, 11) is 4.39. The minimum Gasteiger partial charge on any atom is -0.465 e. The van der Waals surface area contributed by atoms with Crippen LogP contribution < -0.4 is 33.6 Å². The van der Waals surface area contributed by atoms with Gasteiger partial charge in [0.1, 0.15) is 85.1 Å². The number of allylic oxidation sites excluding steroid dienone is 3.